The van der Waals surface area contributed by atoms with E-state index in [1.54, 1.807) is 0 Å². The minimum atomic E-state index is 0.176. The quantitative estimate of drug-likeness (QED) is 0.782. The van der Waals surface area contributed by atoms with E-state index >= 15 is 0 Å². The molecule has 3 nitrogen and oxygen atoms in total. The second-order valence-electron chi connectivity index (χ2n) is 5.94. The molecule has 0 bridgehead atoms. The SMILES string of the molecule is O=C(CCc1ccccc1)NCCCN1CCCCCC1. The number of nitrogens with one attached hydrogen (secondary N) is 1. The Kier molecular flexibility index (Phi) is 7.30. The van der Waals surface area contributed by atoms with Crippen LogP contribution in [-0.2, 0) is 11.2 Å². The number of amides is 1. The second-order valence-corrected chi connectivity index (χ2v) is 5.94. The van der Waals surface area contributed by atoms with Gasteiger partial charge in [-0.2, -0.15) is 0 Å². The highest BCUT2D eigenvalue weighted by Crippen LogP contribution is 2.09. The van der Waals surface area contributed by atoms with Gasteiger partial charge < -0.3 is 10.2 Å². The number of nitrogens with zero attached hydrogens (tertiary/aromatic N) is 1. The zero-order valence-corrected chi connectivity index (χ0v) is 13.0. The third kappa shape index (κ3) is 6.76. The summed E-state index contributed by atoms with van der Waals surface area (Å²) < 4.78 is 0. The summed E-state index contributed by atoms with van der Waals surface area (Å²) >= 11 is 0. The van der Waals surface area contributed by atoms with Crippen molar-refractivity contribution in [1.29, 1.82) is 0 Å². The number of benzene rings is 1. The largest absolute Gasteiger partial charge is 0.356 e. The first-order chi connectivity index (χ1) is 10.3. The van der Waals surface area contributed by atoms with Gasteiger partial charge in [0.05, 0.1) is 0 Å². The second kappa shape index (κ2) is 9.56. The van der Waals surface area contributed by atoms with Gasteiger partial charge in [-0.05, 0) is 50.9 Å². The summed E-state index contributed by atoms with van der Waals surface area (Å²) in [5.74, 6) is 0.176. The van der Waals surface area contributed by atoms with Gasteiger partial charge in [-0.15, -0.1) is 0 Å². The van der Waals surface area contributed by atoms with E-state index in [0.717, 1.165) is 25.9 Å². The number of likely N-dealkylation sites (tertiary alicyclic amines) is 1. The summed E-state index contributed by atoms with van der Waals surface area (Å²) in [5, 5.41) is 3.04. The highest BCUT2D eigenvalue weighted by atomic mass is 16.1. The van der Waals surface area contributed by atoms with E-state index in [1.165, 1.54) is 44.3 Å². The Bertz CT molecular complexity index is 397. The summed E-state index contributed by atoms with van der Waals surface area (Å²) in [6.07, 6.45) is 7.93. The fourth-order valence-corrected chi connectivity index (χ4v) is 2.88. The molecule has 116 valence electrons. The molecule has 1 heterocycles. The molecule has 1 N–H and O–H groups in total. The molecule has 0 aromatic heterocycles. The summed E-state index contributed by atoms with van der Waals surface area (Å²) in [6, 6.07) is 10.2. The van der Waals surface area contributed by atoms with Crippen molar-refractivity contribution < 1.29 is 4.79 Å². The normalized spacial score (nSPS) is 16.4. The maximum atomic E-state index is 11.8. The lowest BCUT2D eigenvalue weighted by molar-refractivity contribution is -0.121. The van der Waals surface area contributed by atoms with Crippen LogP contribution in [0.25, 0.3) is 0 Å². The van der Waals surface area contributed by atoms with Crippen molar-refractivity contribution in [3.8, 4) is 0 Å². The molecule has 1 aromatic carbocycles. The third-order valence-corrected chi connectivity index (χ3v) is 4.16. The Labute approximate surface area is 128 Å². The van der Waals surface area contributed by atoms with Crippen molar-refractivity contribution in [1.82, 2.24) is 10.2 Å². The van der Waals surface area contributed by atoms with Gasteiger partial charge in [-0.1, -0.05) is 43.2 Å². The third-order valence-electron chi connectivity index (χ3n) is 4.16. The van der Waals surface area contributed by atoms with Crippen molar-refractivity contribution in [3.05, 3.63) is 35.9 Å². The Balaban J connectivity index is 1.52. The Morgan fingerprint density at radius 3 is 2.48 bits per heavy atom. The fourth-order valence-electron chi connectivity index (χ4n) is 2.88. The standard InChI is InChI=1S/C18H28N2O/c21-18(12-11-17-9-4-3-5-10-17)19-13-8-16-20-14-6-1-2-7-15-20/h3-5,9-10H,1-2,6-8,11-16H2,(H,19,21). The first-order valence-electron chi connectivity index (χ1n) is 8.37. The van der Waals surface area contributed by atoms with Gasteiger partial charge in [0.25, 0.3) is 0 Å². The maximum Gasteiger partial charge on any atom is 0.220 e. The van der Waals surface area contributed by atoms with E-state index in [1.807, 2.05) is 18.2 Å². The lowest BCUT2D eigenvalue weighted by atomic mass is 10.1. The highest BCUT2D eigenvalue weighted by Gasteiger charge is 2.08. The molecular weight excluding hydrogens is 260 g/mol. The predicted molar refractivity (Wildman–Crippen MR) is 87.3 cm³/mol. The number of hydrogen-bond acceptors (Lipinski definition) is 2. The van der Waals surface area contributed by atoms with Crippen LogP contribution in [0.5, 0.6) is 0 Å². The molecule has 0 unspecified atom stereocenters. The van der Waals surface area contributed by atoms with Gasteiger partial charge in [0, 0.05) is 13.0 Å². The van der Waals surface area contributed by atoms with Crippen LogP contribution in [0.15, 0.2) is 30.3 Å². The number of carbonyl (C=O) groups is 1. The summed E-state index contributed by atoms with van der Waals surface area (Å²) in [6.45, 7) is 4.41. The molecule has 1 aliphatic heterocycles. The van der Waals surface area contributed by atoms with Crippen molar-refractivity contribution in [2.24, 2.45) is 0 Å². The van der Waals surface area contributed by atoms with Crippen LogP contribution in [0.2, 0.25) is 0 Å². The van der Waals surface area contributed by atoms with E-state index in [-0.39, 0.29) is 5.91 Å². The fraction of sp³-hybridized carbons (Fsp3) is 0.611. The lowest BCUT2D eigenvalue weighted by Crippen LogP contribution is -2.30. The molecule has 1 saturated heterocycles. The minimum absolute atomic E-state index is 0.176. The predicted octanol–water partition coefficient (Wildman–Crippen LogP) is 3.00. The van der Waals surface area contributed by atoms with E-state index in [9.17, 15) is 4.79 Å². The Morgan fingerprint density at radius 2 is 1.76 bits per heavy atom. The molecule has 3 heteroatoms. The average molecular weight is 288 g/mol. The van der Waals surface area contributed by atoms with Crippen LogP contribution < -0.4 is 5.32 Å². The van der Waals surface area contributed by atoms with Gasteiger partial charge in [0.15, 0.2) is 0 Å². The molecule has 21 heavy (non-hydrogen) atoms. The van der Waals surface area contributed by atoms with Gasteiger partial charge in [-0.25, -0.2) is 0 Å². The van der Waals surface area contributed by atoms with Gasteiger partial charge in [0.1, 0.15) is 0 Å². The summed E-state index contributed by atoms with van der Waals surface area (Å²) in [4.78, 5) is 14.3. The van der Waals surface area contributed by atoms with Crippen LogP contribution in [0.4, 0.5) is 0 Å². The van der Waals surface area contributed by atoms with E-state index in [0.29, 0.717) is 6.42 Å². The molecule has 2 rings (SSSR count). The van der Waals surface area contributed by atoms with E-state index < -0.39 is 0 Å². The smallest absolute Gasteiger partial charge is 0.220 e. The van der Waals surface area contributed by atoms with Gasteiger partial charge in [0.2, 0.25) is 5.91 Å². The van der Waals surface area contributed by atoms with Crippen molar-refractivity contribution in [3.63, 3.8) is 0 Å². The average Bonchev–Trinajstić information content (AvgIpc) is 2.79. The lowest BCUT2D eigenvalue weighted by Gasteiger charge is -2.19. The van der Waals surface area contributed by atoms with Crippen LogP contribution in [0.3, 0.4) is 0 Å². The van der Waals surface area contributed by atoms with Crippen molar-refractivity contribution >= 4 is 5.91 Å². The first kappa shape index (κ1) is 16.0. The first-order valence-corrected chi connectivity index (χ1v) is 8.37. The highest BCUT2D eigenvalue weighted by molar-refractivity contribution is 5.76. The molecule has 1 fully saturated rings. The molecule has 0 radical (unpaired) electrons. The molecular formula is C18H28N2O. The topological polar surface area (TPSA) is 32.3 Å². The van der Waals surface area contributed by atoms with Crippen molar-refractivity contribution in [2.75, 3.05) is 26.2 Å². The number of hydrogen-bond donors (Lipinski definition) is 1. The van der Waals surface area contributed by atoms with Crippen LogP contribution in [-0.4, -0.2) is 37.0 Å². The number of rotatable bonds is 7. The van der Waals surface area contributed by atoms with Crippen LogP contribution >= 0.6 is 0 Å². The van der Waals surface area contributed by atoms with Crippen LogP contribution in [0, 0.1) is 0 Å². The summed E-state index contributed by atoms with van der Waals surface area (Å²) in [7, 11) is 0. The Hall–Kier alpha value is -1.35. The minimum Gasteiger partial charge on any atom is -0.356 e. The Morgan fingerprint density at radius 1 is 1.05 bits per heavy atom. The zero-order chi connectivity index (χ0) is 14.8. The van der Waals surface area contributed by atoms with Crippen LogP contribution in [0.1, 0.15) is 44.1 Å². The molecule has 1 amide bonds. The van der Waals surface area contributed by atoms with Crippen molar-refractivity contribution in [2.45, 2.75) is 44.9 Å². The molecule has 1 aromatic rings. The zero-order valence-electron chi connectivity index (χ0n) is 13.0. The number of carbonyl (C=O) groups excluding carboxylic acids is 1. The molecule has 1 aliphatic rings. The molecule has 0 spiro atoms. The van der Waals surface area contributed by atoms with E-state index in [4.69, 9.17) is 0 Å². The van der Waals surface area contributed by atoms with E-state index in [2.05, 4.69) is 22.3 Å². The monoisotopic (exact) mass is 288 g/mol. The van der Waals surface area contributed by atoms with Gasteiger partial charge in [-0.3, -0.25) is 4.79 Å². The maximum absolute atomic E-state index is 11.8. The molecule has 0 atom stereocenters. The summed E-state index contributed by atoms with van der Waals surface area (Å²) in [5.41, 5.74) is 1.23. The van der Waals surface area contributed by atoms with Gasteiger partial charge >= 0.3 is 0 Å². The molecule has 0 saturated carbocycles. The molecule has 0 aliphatic carbocycles. The number of aryl methyl sites for hydroxylation is 1.